The van der Waals surface area contributed by atoms with Gasteiger partial charge in [-0.3, -0.25) is 4.79 Å². The van der Waals surface area contributed by atoms with Crippen molar-refractivity contribution in [3.8, 4) is 5.75 Å². The highest BCUT2D eigenvalue weighted by molar-refractivity contribution is 8.00. The van der Waals surface area contributed by atoms with Crippen molar-refractivity contribution < 1.29 is 9.53 Å². The van der Waals surface area contributed by atoms with Gasteiger partial charge in [0.2, 0.25) is 5.91 Å². The number of hydrogen-bond acceptors (Lipinski definition) is 4. The Morgan fingerprint density at radius 1 is 1.55 bits per heavy atom. The van der Waals surface area contributed by atoms with Crippen LogP contribution in [0.1, 0.15) is 12.8 Å². The van der Waals surface area contributed by atoms with Gasteiger partial charge in [-0.25, -0.2) is 0 Å². The average molecular weight is 317 g/mol. The molecule has 0 heterocycles. The lowest BCUT2D eigenvalue weighted by atomic mass is 10.2. The first kappa shape index (κ1) is 17.1. The summed E-state index contributed by atoms with van der Waals surface area (Å²) < 4.78 is 5.15. The van der Waals surface area contributed by atoms with E-state index in [0.717, 1.165) is 10.6 Å². The molecule has 0 radical (unpaired) electrons. The highest BCUT2D eigenvalue weighted by Gasteiger charge is 2.31. The number of nitrogens with two attached hydrogens (primary N) is 1. The maximum Gasteiger partial charge on any atom is 0.230 e. The summed E-state index contributed by atoms with van der Waals surface area (Å²) in [7, 11) is 1.64. The molecule has 0 saturated heterocycles. The van der Waals surface area contributed by atoms with E-state index in [4.69, 9.17) is 10.5 Å². The van der Waals surface area contributed by atoms with Crippen molar-refractivity contribution in [2.24, 2.45) is 11.7 Å². The van der Waals surface area contributed by atoms with Gasteiger partial charge in [0.05, 0.1) is 12.9 Å². The van der Waals surface area contributed by atoms with E-state index < -0.39 is 0 Å². The quantitative estimate of drug-likeness (QED) is 0.756. The molecular formula is C14H21ClN2O2S. The smallest absolute Gasteiger partial charge is 0.230 e. The molecule has 1 saturated carbocycles. The number of rotatable bonds is 7. The van der Waals surface area contributed by atoms with Gasteiger partial charge in [-0.05, 0) is 37.0 Å². The molecule has 1 amide bonds. The molecule has 0 bridgehead atoms. The fraction of sp³-hybridized carbons (Fsp3) is 0.500. The Hall–Kier alpha value is -0.910. The van der Waals surface area contributed by atoms with Gasteiger partial charge in [-0.2, -0.15) is 0 Å². The zero-order chi connectivity index (χ0) is 13.7. The van der Waals surface area contributed by atoms with Crippen LogP contribution in [0.15, 0.2) is 29.2 Å². The van der Waals surface area contributed by atoms with Gasteiger partial charge in [-0.1, -0.05) is 6.07 Å². The highest BCUT2D eigenvalue weighted by Crippen LogP contribution is 2.32. The first-order valence-electron chi connectivity index (χ1n) is 6.49. The van der Waals surface area contributed by atoms with Gasteiger partial charge in [-0.15, -0.1) is 24.2 Å². The zero-order valence-corrected chi connectivity index (χ0v) is 13.1. The number of carbonyl (C=O) groups is 1. The van der Waals surface area contributed by atoms with Crippen LogP contribution in [-0.4, -0.2) is 31.4 Å². The summed E-state index contributed by atoms with van der Waals surface area (Å²) in [5.74, 6) is 1.87. The molecule has 1 aromatic rings. The van der Waals surface area contributed by atoms with Crippen molar-refractivity contribution >= 4 is 30.1 Å². The standard InChI is InChI=1S/C14H20N2O2S.ClH/c1-18-11-3-2-4-12(7-11)19-9-14(17)16-13(8-15)10-5-6-10;/h2-4,7,10,13H,5-6,8-9,15H2,1H3,(H,16,17);1H. The first-order valence-corrected chi connectivity index (χ1v) is 7.47. The minimum absolute atomic E-state index is 0. The lowest BCUT2D eigenvalue weighted by Gasteiger charge is -2.15. The second-order valence-corrected chi connectivity index (χ2v) is 5.76. The summed E-state index contributed by atoms with van der Waals surface area (Å²) in [6, 6.07) is 7.87. The van der Waals surface area contributed by atoms with Crippen LogP contribution in [0.2, 0.25) is 0 Å². The van der Waals surface area contributed by atoms with Gasteiger partial charge >= 0.3 is 0 Å². The lowest BCUT2D eigenvalue weighted by molar-refractivity contribution is -0.119. The van der Waals surface area contributed by atoms with E-state index in [2.05, 4.69) is 5.32 Å². The molecule has 0 aromatic heterocycles. The van der Waals surface area contributed by atoms with E-state index in [9.17, 15) is 4.79 Å². The number of methoxy groups -OCH3 is 1. The fourth-order valence-corrected chi connectivity index (χ4v) is 2.71. The molecule has 1 fully saturated rings. The molecule has 6 heteroatoms. The molecule has 1 atom stereocenters. The van der Waals surface area contributed by atoms with Crippen molar-refractivity contribution in [1.29, 1.82) is 0 Å². The van der Waals surface area contributed by atoms with Crippen LogP contribution in [0, 0.1) is 5.92 Å². The monoisotopic (exact) mass is 316 g/mol. The zero-order valence-electron chi connectivity index (χ0n) is 11.5. The van der Waals surface area contributed by atoms with Crippen molar-refractivity contribution in [3.05, 3.63) is 24.3 Å². The third-order valence-electron chi connectivity index (χ3n) is 3.20. The van der Waals surface area contributed by atoms with Crippen LogP contribution in [0.4, 0.5) is 0 Å². The topological polar surface area (TPSA) is 64.3 Å². The normalized spacial score (nSPS) is 15.1. The maximum absolute atomic E-state index is 11.9. The van der Waals surface area contributed by atoms with Gasteiger partial charge in [0.25, 0.3) is 0 Å². The molecular weight excluding hydrogens is 296 g/mol. The SMILES string of the molecule is COc1cccc(SCC(=O)NC(CN)C2CC2)c1.Cl. The van der Waals surface area contributed by atoms with Crippen molar-refractivity contribution in [2.75, 3.05) is 19.4 Å². The van der Waals surface area contributed by atoms with Crippen molar-refractivity contribution in [3.63, 3.8) is 0 Å². The van der Waals surface area contributed by atoms with Gasteiger partial charge in [0.1, 0.15) is 5.75 Å². The van der Waals surface area contributed by atoms with Crippen LogP contribution >= 0.6 is 24.2 Å². The van der Waals surface area contributed by atoms with Crippen LogP contribution in [0.5, 0.6) is 5.75 Å². The van der Waals surface area contributed by atoms with E-state index in [1.54, 1.807) is 7.11 Å². The minimum atomic E-state index is 0. The Kier molecular flexibility index (Phi) is 7.19. The molecule has 4 nitrogen and oxygen atoms in total. The largest absolute Gasteiger partial charge is 0.497 e. The Balaban J connectivity index is 0.00000200. The van der Waals surface area contributed by atoms with E-state index in [1.807, 2.05) is 24.3 Å². The number of amides is 1. The number of halogens is 1. The Labute approximate surface area is 130 Å². The van der Waals surface area contributed by atoms with Crippen LogP contribution in [0.3, 0.4) is 0 Å². The van der Waals surface area contributed by atoms with Gasteiger partial charge in [0.15, 0.2) is 0 Å². The molecule has 2 rings (SSSR count). The molecule has 0 spiro atoms. The Bertz CT molecular complexity index is 441. The number of benzene rings is 1. The van der Waals surface area contributed by atoms with E-state index in [0.29, 0.717) is 18.2 Å². The van der Waals surface area contributed by atoms with E-state index >= 15 is 0 Å². The summed E-state index contributed by atoms with van der Waals surface area (Å²) in [5.41, 5.74) is 5.67. The first-order chi connectivity index (χ1) is 9.22. The molecule has 0 aliphatic heterocycles. The van der Waals surface area contributed by atoms with Crippen LogP contribution in [-0.2, 0) is 4.79 Å². The lowest BCUT2D eigenvalue weighted by Crippen LogP contribution is -2.42. The molecule has 1 aliphatic rings. The van der Waals surface area contributed by atoms with Crippen molar-refractivity contribution in [2.45, 2.75) is 23.8 Å². The van der Waals surface area contributed by atoms with Gasteiger partial charge < -0.3 is 15.8 Å². The summed E-state index contributed by atoms with van der Waals surface area (Å²) >= 11 is 1.51. The third kappa shape index (κ3) is 5.23. The summed E-state index contributed by atoms with van der Waals surface area (Å²) in [4.78, 5) is 12.9. The summed E-state index contributed by atoms with van der Waals surface area (Å²) in [6.45, 7) is 0.528. The molecule has 1 aliphatic carbocycles. The van der Waals surface area contributed by atoms with Gasteiger partial charge in [0, 0.05) is 17.5 Å². The Morgan fingerprint density at radius 3 is 2.90 bits per heavy atom. The summed E-state index contributed by atoms with van der Waals surface area (Å²) in [5, 5.41) is 3.01. The minimum Gasteiger partial charge on any atom is -0.497 e. The number of hydrogen-bond donors (Lipinski definition) is 2. The van der Waals surface area contributed by atoms with Crippen molar-refractivity contribution in [1.82, 2.24) is 5.32 Å². The second-order valence-electron chi connectivity index (χ2n) is 4.71. The van der Waals surface area contributed by atoms with E-state index in [-0.39, 0.29) is 24.4 Å². The number of nitrogens with one attached hydrogen (secondary N) is 1. The predicted octanol–water partition coefficient (Wildman–Crippen LogP) is 2.06. The molecule has 1 unspecified atom stereocenters. The number of carbonyl (C=O) groups excluding carboxylic acids is 1. The van der Waals surface area contributed by atoms with Crippen LogP contribution in [0.25, 0.3) is 0 Å². The number of ether oxygens (including phenoxy) is 1. The maximum atomic E-state index is 11.9. The molecule has 1 aromatic carbocycles. The predicted molar refractivity (Wildman–Crippen MR) is 84.7 cm³/mol. The number of thioether (sulfide) groups is 1. The summed E-state index contributed by atoms with van der Waals surface area (Å²) in [6.07, 6.45) is 2.37. The molecule has 20 heavy (non-hydrogen) atoms. The van der Waals surface area contributed by atoms with E-state index in [1.165, 1.54) is 24.6 Å². The molecule has 112 valence electrons. The second kappa shape index (κ2) is 8.39. The third-order valence-corrected chi connectivity index (χ3v) is 4.20. The Morgan fingerprint density at radius 2 is 2.30 bits per heavy atom. The van der Waals surface area contributed by atoms with Crippen LogP contribution < -0.4 is 15.8 Å². The highest BCUT2D eigenvalue weighted by atomic mass is 35.5. The molecule has 3 N–H and O–H groups in total. The average Bonchev–Trinajstić information content (AvgIpc) is 3.27. The fourth-order valence-electron chi connectivity index (χ4n) is 1.96.